The summed E-state index contributed by atoms with van der Waals surface area (Å²) in [5, 5.41) is 5.84. The van der Waals surface area contributed by atoms with Crippen molar-refractivity contribution in [1.82, 2.24) is 0 Å². The number of carbonyl (C=O) groups is 2. The molecule has 0 unspecified atom stereocenters. The predicted molar refractivity (Wildman–Crippen MR) is 118 cm³/mol. The molecule has 0 aliphatic heterocycles. The van der Waals surface area contributed by atoms with Gasteiger partial charge in [-0.05, 0) is 36.4 Å². The monoisotopic (exact) mass is 434 g/mol. The summed E-state index contributed by atoms with van der Waals surface area (Å²) in [5.41, 5.74) is 0.758. The first-order valence-corrected chi connectivity index (χ1v) is 9.62. The quantitative estimate of drug-likeness (QED) is 0.441. The maximum absolute atomic E-state index is 14.1. The number of benzene rings is 3. The van der Waals surface area contributed by atoms with Crippen LogP contribution in [0.3, 0.4) is 0 Å². The second-order valence-corrected chi connectivity index (χ2v) is 6.76. The van der Waals surface area contributed by atoms with Crippen LogP contribution in [-0.2, 0) is 0 Å². The predicted octanol–water partition coefficient (Wildman–Crippen LogP) is 5.09. The minimum absolute atomic E-state index is 0.131. The lowest BCUT2D eigenvalue weighted by Gasteiger charge is -2.12. The van der Waals surface area contributed by atoms with Crippen LogP contribution in [0.2, 0.25) is 0 Å². The van der Waals surface area contributed by atoms with Crippen LogP contribution < -0.4 is 20.1 Å². The summed E-state index contributed by atoms with van der Waals surface area (Å²) in [6.07, 6.45) is 0. The molecule has 0 aliphatic carbocycles. The summed E-state index contributed by atoms with van der Waals surface area (Å²) in [6, 6.07) is 17.3. The summed E-state index contributed by atoms with van der Waals surface area (Å²) in [5.74, 6) is -1.19. The van der Waals surface area contributed by atoms with E-state index >= 15 is 0 Å². The number of hydrogen-bond acceptors (Lipinski definition) is 5. The van der Waals surface area contributed by atoms with E-state index in [2.05, 4.69) is 10.6 Å². The van der Waals surface area contributed by atoms with E-state index in [4.69, 9.17) is 13.9 Å². The molecule has 0 saturated carbocycles. The fourth-order valence-electron chi connectivity index (χ4n) is 3.24. The number of carbonyl (C=O) groups excluding carboxylic acids is 2. The van der Waals surface area contributed by atoms with Gasteiger partial charge in [0.2, 0.25) is 5.76 Å². The molecule has 0 radical (unpaired) electrons. The number of anilines is 2. The number of halogens is 1. The zero-order valence-corrected chi connectivity index (χ0v) is 17.3. The molecule has 0 aliphatic rings. The van der Waals surface area contributed by atoms with Crippen LogP contribution in [0.25, 0.3) is 11.0 Å². The zero-order valence-electron chi connectivity index (χ0n) is 17.3. The summed E-state index contributed by atoms with van der Waals surface area (Å²) in [7, 11) is 2.98. The number of para-hydroxylation sites is 1. The molecular formula is C24H19FN2O5. The molecule has 1 aromatic heterocycles. The van der Waals surface area contributed by atoms with E-state index < -0.39 is 17.6 Å². The molecule has 7 nitrogen and oxygen atoms in total. The highest BCUT2D eigenvalue weighted by molar-refractivity contribution is 6.17. The van der Waals surface area contributed by atoms with Crippen LogP contribution >= 0.6 is 0 Å². The van der Waals surface area contributed by atoms with Crippen molar-refractivity contribution < 1.29 is 27.9 Å². The van der Waals surface area contributed by atoms with E-state index in [9.17, 15) is 14.0 Å². The van der Waals surface area contributed by atoms with Crippen molar-refractivity contribution >= 4 is 34.2 Å². The van der Waals surface area contributed by atoms with Gasteiger partial charge < -0.3 is 24.5 Å². The summed E-state index contributed by atoms with van der Waals surface area (Å²) >= 11 is 0. The van der Waals surface area contributed by atoms with Crippen molar-refractivity contribution in [3.63, 3.8) is 0 Å². The molecule has 0 spiro atoms. The van der Waals surface area contributed by atoms with Crippen molar-refractivity contribution in [3.05, 3.63) is 83.9 Å². The van der Waals surface area contributed by atoms with Gasteiger partial charge in [-0.3, -0.25) is 9.59 Å². The molecule has 1 heterocycles. The Kier molecular flexibility index (Phi) is 5.76. The van der Waals surface area contributed by atoms with Crippen LogP contribution in [0.5, 0.6) is 11.5 Å². The molecule has 4 aromatic rings. The van der Waals surface area contributed by atoms with E-state index in [0.29, 0.717) is 28.2 Å². The first kappa shape index (κ1) is 20.9. The molecule has 2 N–H and O–H groups in total. The van der Waals surface area contributed by atoms with Gasteiger partial charge in [-0.15, -0.1) is 0 Å². The molecule has 0 atom stereocenters. The molecule has 3 aromatic carbocycles. The summed E-state index contributed by atoms with van der Waals surface area (Å²) in [6.45, 7) is 0. The number of rotatable bonds is 6. The zero-order chi connectivity index (χ0) is 22.7. The Morgan fingerprint density at radius 3 is 2.38 bits per heavy atom. The number of amides is 2. The van der Waals surface area contributed by atoms with Gasteiger partial charge in [-0.25, -0.2) is 4.39 Å². The molecule has 4 rings (SSSR count). The van der Waals surface area contributed by atoms with Crippen LogP contribution in [0.1, 0.15) is 20.9 Å². The van der Waals surface area contributed by atoms with Crippen molar-refractivity contribution in [2.75, 3.05) is 24.9 Å². The standard InChI is InChI=1S/C24H19FN2O5/c1-30-14-11-12-18(20(13-14)31-2)26-24(29)22-21(16-8-4-6-10-19(16)32-22)27-23(28)15-7-3-5-9-17(15)25/h3-13H,1-2H3,(H,26,29)(H,27,28). The molecule has 8 heteroatoms. The topological polar surface area (TPSA) is 89.8 Å². The second kappa shape index (κ2) is 8.81. The van der Waals surface area contributed by atoms with Gasteiger partial charge in [0.25, 0.3) is 11.8 Å². The largest absolute Gasteiger partial charge is 0.497 e. The average Bonchev–Trinajstić information content (AvgIpc) is 3.18. The van der Waals surface area contributed by atoms with Gasteiger partial charge in [0, 0.05) is 11.5 Å². The number of furan rings is 1. The van der Waals surface area contributed by atoms with E-state index in [1.165, 1.54) is 32.4 Å². The van der Waals surface area contributed by atoms with E-state index in [1.54, 1.807) is 48.5 Å². The van der Waals surface area contributed by atoms with Crippen LogP contribution in [0.4, 0.5) is 15.8 Å². The maximum Gasteiger partial charge on any atom is 0.293 e. The Morgan fingerprint density at radius 1 is 0.875 bits per heavy atom. The Balaban J connectivity index is 1.71. The highest BCUT2D eigenvalue weighted by atomic mass is 19.1. The van der Waals surface area contributed by atoms with Crippen molar-refractivity contribution in [2.24, 2.45) is 0 Å². The van der Waals surface area contributed by atoms with Gasteiger partial charge in [0.1, 0.15) is 28.6 Å². The van der Waals surface area contributed by atoms with Gasteiger partial charge >= 0.3 is 0 Å². The number of ether oxygens (including phenoxy) is 2. The first-order valence-electron chi connectivity index (χ1n) is 9.62. The normalized spacial score (nSPS) is 10.6. The minimum Gasteiger partial charge on any atom is -0.497 e. The van der Waals surface area contributed by atoms with Crippen molar-refractivity contribution in [3.8, 4) is 11.5 Å². The molecule has 162 valence electrons. The maximum atomic E-state index is 14.1. The third-order valence-corrected chi connectivity index (χ3v) is 4.82. The molecule has 32 heavy (non-hydrogen) atoms. The van der Waals surface area contributed by atoms with E-state index in [-0.39, 0.29) is 17.0 Å². The minimum atomic E-state index is -0.703. The Bertz CT molecular complexity index is 1310. The summed E-state index contributed by atoms with van der Waals surface area (Å²) in [4.78, 5) is 25.8. The van der Waals surface area contributed by atoms with Gasteiger partial charge in [-0.2, -0.15) is 0 Å². The summed E-state index contributed by atoms with van der Waals surface area (Å²) < 4.78 is 30.3. The highest BCUT2D eigenvalue weighted by Gasteiger charge is 2.24. The van der Waals surface area contributed by atoms with Crippen LogP contribution in [0.15, 0.2) is 71.1 Å². The molecule has 0 bridgehead atoms. The molecule has 2 amide bonds. The highest BCUT2D eigenvalue weighted by Crippen LogP contribution is 2.34. The lowest BCUT2D eigenvalue weighted by molar-refractivity contribution is 0.0999. The molecular weight excluding hydrogens is 415 g/mol. The van der Waals surface area contributed by atoms with Crippen molar-refractivity contribution in [1.29, 1.82) is 0 Å². The van der Waals surface area contributed by atoms with Crippen LogP contribution in [0, 0.1) is 5.82 Å². The Hall–Kier alpha value is -4.33. The number of methoxy groups -OCH3 is 2. The number of fused-ring (bicyclic) bond motifs is 1. The second-order valence-electron chi connectivity index (χ2n) is 6.76. The Labute approximate surface area is 182 Å². The fourth-order valence-corrected chi connectivity index (χ4v) is 3.24. The number of nitrogens with one attached hydrogen (secondary N) is 2. The molecule has 0 saturated heterocycles. The van der Waals surface area contributed by atoms with E-state index in [0.717, 1.165) is 0 Å². The smallest absolute Gasteiger partial charge is 0.293 e. The Morgan fingerprint density at radius 2 is 1.62 bits per heavy atom. The lowest BCUT2D eigenvalue weighted by Crippen LogP contribution is -2.18. The van der Waals surface area contributed by atoms with Gasteiger partial charge in [0.05, 0.1) is 25.5 Å². The molecule has 0 fully saturated rings. The van der Waals surface area contributed by atoms with Gasteiger partial charge in [0.15, 0.2) is 0 Å². The third kappa shape index (κ3) is 3.98. The average molecular weight is 434 g/mol. The van der Waals surface area contributed by atoms with E-state index in [1.807, 2.05) is 0 Å². The number of hydrogen-bond donors (Lipinski definition) is 2. The van der Waals surface area contributed by atoms with Gasteiger partial charge in [-0.1, -0.05) is 24.3 Å². The lowest BCUT2D eigenvalue weighted by atomic mass is 10.1. The fraction of sp³-hybridized carbons (Fsp3) is 0.0833. The van der Waals surface area contributed by atoms with Crippen molar-refractivity contribution in [2.45, 2.75) is 0 Å². The SMILES string of the molecule is COc1ccc(NC(=O)c2oc3ccccc3c2NC(=O)c2ccccc2F)c(OC)c1. The van der Waals surface area contributed by atoms with Crippen LogP contribution in [-0.4, -0.2) is 26.0 Å². The third-order valence-electron chi connectivity index (χ3n) is 4.82. The first-order chi connectivity index (χ1) is 15.5.